The van der Waals surface area contributed by atoms with Gasteiger partial charge in [0, 0.05) is 6.07 Å². The van der Waals surface area contributed by atoms with Crippen LogP contribution in [0.25, 0.3) is 0 Å². The molecule has 0 aliphatic carbocycles. The van der Waals surface area contributed by atoms with E-state index in [1.54, 1.807) is 0 Å². The first-order chi connectivity index (χ1) is 7.54. The van der Waals surface area contributed by atoms with Crippen LogP contribution in [0.15, 0.2) is 29.1 Å². The zero-order chi connectivity index (χ0) is 12.1. The molecule has 0 aromatic heterocycles. The molecule has 2 N–H and O–H groups in total. The van der Waals surface area contributed by atoms with E-state index < -0.39 is 17.3 Å². The van der Waals surface area contributed by atoms with E-state index >= 15 is 0 Å². The standard InChI is InChI=1S/C10H9NO5/c1-16-6-3-2-4-8(12)7(5-6)11-9(13)10(14)15/h2-5H,1H3,(H,14,15)(H,11,12,13). The van der Waals surface area contributed by atoms with Gasteiger partial charge in [0.25, 0.3) is 0 Å². The Morgan fingerprint density at radius 2 is 2.06 bits per heavy atom. The first-order valence-electron chi connectivity index (χ1n) is 4.27. The number of anilines is 1. The quantitative estimate of drug-likeness (QED) is 0.692. The van der Waals surface area contributed by atoms with E-state index in [0.717, 1.165) is 0 Å². The minimum atomic E-state index is -1.66. The molecule has 6 heteroatoms. The fourth-order valence-corrected chi connectivity index (χ4v) is 0.982. The maximum atomic E-state index is 11.4. The van der Waals surface area contributed by atoms with E-state index in [0.29, 0.717) is 5.75 Å². The molecule has 0 atom stereocenters. The number of aliphatic carboxylic acids is 1. The van der Waals surface area contributed by atoms with Crippen LogP contribution in [0.3, 0.4) is 0 Å². The van der Waals surface area contributed by atoms with E-state index in [2.05, 4.69) is 0 Å². The highest BCUT2D eigenvalue weighted by atomic mass is 16.5. The third-order valence-electron chi connectivity index (χ3n) is 1.74. The van der Waals surface area contributed by atoms with Gasteiger partial charge >= 0.3 is 11.9 Å². The number of ether oxygens (including phenoxy) is 1. The summed E-state index contributed by atoms with van der Waals surface area (Å²) in [6.07, 6.45) is 0. The average Bonchev–Trinajstić information content (AvgIpc) is 2.41. The second-order valence-corrected chi connectivity index (χ2v) is 2.81. The molecule has 0 saturated heterocycles. The molecule has 0 unspecified atom stereocenters. The van der Waals surface area contributed by atoms with Crippen molar-refractivity contribution in [2.75, 3.05) is 12.4 Å². The average molecular weight is 223 g/mol. The topological polar surface area (TPSA) is 92.7 Å². The molecule has 6 nitrogen and oxygen atoms in total. The number of rotatable bonds is 2. The lowest BCUT2D eigenvalue weighted by Gasteiger charge is -1.99. The molecule has 1 aromatic rings. The van der Waals surface area contributed by atoms with Crippen LogP contribution < -0.4 is 15.5 Å². The molecule has 1 rings (SSSR count). The lowest BCUT2D eigenvalue weighted by atomic mass is 10.4. The number of hydrogen-bond donors (Lipinski definition) is 2. The largest absolute Gasteiger partial charge is 0.497 e. The second kappa shape index (κ2) is 4.92. The summed E-state index contributed by atoms with van der Waals surface area (Å²) in [7, 11) is 1.39. The molecule has 84 valence electrons. The molecule has 0 aliphatic rings. The van der Waals surface area contributed by atoms with Crippen LogP contribution in [0.5, 0.6) is 5.75 Å². The van der Waals surface area contributed by atoms with Crippen molar-refractivity contribution in [3.63, 3.8) is 0 Å². The van der Waals surface area contributed by atoms with Crippen molar-refractivity contribution in [3.8, 4) is 5.75 Å². The zero-order valence-corrected chi connectivity index (χ0v) is 8.39. The van der Waals surface area contributed by atoms with Gasteiger partial charge in [-0.1, -0.05) is 6.07 Å². The molecule has 16 heavy (non-hydrogen) atoms. The van der Waals surface area contributed by atoms with Crippen LogP contribution in [0.2, 0.25) is 0 Å². The normalized spacial score (nSPS) is 9.31. The van der Waals surface area contributed by atoms with Gasteiger partial charge in [-0.25, -0.2) is 4.79 Å². The second-order valence-electron chi connectivity index (χ2n) is 2.81. The summed E-state index contributed by atoms with van der Waals surface area (Å²) in [5.74, 6) is -2.60. The van der Waals surface area contributed by atoms with Crippen LogP contribution in [-0.4, -0.2) is 24.1 Å². The van der Waals surface area contributed by atoms with E-state index in [4.69, 9.17) is 9.84 Å². The third-order valence-corrected chi connectivity index (χ3v) is 1.74. The smallest absolute Gasteiger partial charge is 0.394 e. The Hall–Kier alpha value is -2.37. The van der Waals surface area contributed by atoms with Crippen LogP contribution in [0.1, 0.15) is 0 Å². The Kier molecular flexibility index (Phi) is 3.60. The van der Waals surface area contributed by atoms with Crippen LogP contribution in [0.4, 0.5) is 5.69 Å². The highest BCUT2D eigenvalue weighted by Crippen LogP contribution is 2.11. The van der Waals surface area contributed by atoms with Crippen LogP contribution in [0, 0.1) is 0 Å². The maximum Gasteiger partial charge on any atom is 0.394 e. The number of amides is 1. The Morgan fingerprint density at radius 1 is 1.38 bits per heavy atom. The van der Waals surface area contributed by atoms with Gasteiger partial charge in [-0.15, -0.1) is 0 Å². The summed E-state index contributed by atoms with van der Waals surface area (Å²) < 4.78 is 4.87. The highest BCUT2D eigenvalue weighted by Gasteiger charge is 2.12. The maximum absolute atomic E-state index is 11.4. The molecule has 0 heterocycles. The predicted molar refractivity (Wildman–Crippen MR) is 55.5 cm³/mol. The molecular weight excluding hydrogens is 214 g/mol. The van der Waals surface area contributed by atoms with Crippen molar-refractivity contribution < 1.29 is 19.4 Å². The third kappa shape index (κ3) is 2.81. The van der Waals surface area contributed by atoms with Crippen molar-refractivity contribution in [1.29, 1.82) is 0 Å². The van der Waals surface area contributed by atoms with Crippen LogP contribution in [-0.2, 0) is 9.59 Å². The highest BCUT2D eigenvalue weighted by molar-refractivity contribution is 6.36. The molecule has 0 fully saturated rings. The first kappa shape index (κ1) is 11.7. The first-order valence-corrected chi connectivity index (χ1v) is 4.27. The molecule has 0 aliphatic heterocycles. The van der Waals surface area contributed by atoms with Crippen molar-refractivity contribution in [2.45, 2.75) is 0 Å². The lowest BCUT2D eigenvalue weighted by Crippen LogP contribution is -2.24. The monoisotopic (exact) mass is 223 g/mol. The zero-order valence-electron chi connectivity index (χ0n) is 8.39. The van der Waals surface area contributed by atoms with Gasteiger partial charge in [0.2, 0.25) is 5.43 Å². The van der Waals surface area contributed by atoms with E-state index in [-0.39, 0.29) is 5.69 Å². The van der Waals surface area contributed by atoms with Gasteiger partial charge in [0.15, 0.2) is 0 Å². The molecule has 1 amide bonds. The van der Waals surface area contributed by atoms with Gasteiger partial charge in [-0.3, -0.25) is 9.59 Å². The van der Waals surface area contributed by atoms with Crippen molar-refractivity contribution in [2.24, 2.45) is 0 Å². The molecule has 0 spiro atoms. The number of carboxylic acid groups (broad SMARTS) is 1. The minimum absolute atomic E-state index is 0.144. The summed E-state index contributed by atoms with van der Waals surface area (Å²) >= 11 is 0. The Balaban J connectivity index is 3.13. The Bertz CT molecular complexity index is 483. The van der Waals surface area contributed by atoms with Gasteiger partial charge in [0.1, 0.15) is 5.75 Å². The number of hydrogen-bond acceptors (Lipinski definition) is 4. The van der Waals surface area contributed by atoms with Crippen molar-refractivity contribution >= 4 is 17.6 Å². The summed E-state index contributed by atoms with van der Waals surface area (Å²) in [6, 6.07) is 5.40. The number of methoxy groups -OCH3 is 1. The van der Waals surface area contributed by atoms with E-state index in [9.17, 15) is 14.4 Å². The number of nitrogens with one attached hydrogen (secondary N) is 1. The Morgan fingerprint density at radius 3 is 2.62 bits per heavy atom. The van der Waals surface area contributed by atoms with Crippen LogP contribution >= 0.6 is 0 Å². The van der Waals surface area contributed by atoms with Gasteiger partial charge in [0.05, 0.1) is 12.8 Å². The summed E-state index contributed by atoms with van der Waals surface area (Å²) in [5.41, 5.74) is -0.646. The summed E-state index contributed by atoms with van der Waals surface area (Å²) in [5, 5.41) is 10.4. The Labute approximate surface area is 90.5 Å². The van der Waals surface area contributed by atoms with Gasteiger partial charge < -0.3 is 15.2 Å². The molecule has 1 aromatic carbocycles. The number of carboxylic acids is 1. The number of carbonyl (C=O) groups is 2. The summed E-state index contributed by atoms with van der Waals surface area (Å²) in [6.45, 7) is 0. The predicted octanol–water partition coefficient (Wildman–Crippen LogP) is 0.0785. The van der Waals surface area contributed by atoms with Crippen molar-refractivity contribution in [3.05, 3.63) is 34.5 Å². The van der Waals surface area contributed by atoms with Gasteiger partial charge in [-0.05, 0) is 12.1 Å². The molecular formula is C10H9NO5. The minimum Gasteiger partial charge on any atom is -0.497 e. The molecule has 0 saturated carbocycles. The molecule has 0 radical (unpaired) electrons. The number of carbonyl (C=O) groups excluding carboxylic acids is 1. The SMILES string of the molecule is COc1cccc(=O)c(NC(=O)C(=O)O)c1. The van der Waals surface area contributed by atoms with E-state index in [1.165, 1.54) is 31.4 Å². The summed E-state index contributed by atoms with van der Waals surface area (Å²) in [4.78, 5) is 32.6. The molecule has 0 bridgehead atoms. The lowest BCUT2D eigenvalue weighted by molar-refractivity contribution is -0.147. The van der Waals surface area contributed by atoms with Gasteiger partial charge in [-0.2, -0.15) is 0 Å². The van der Waals surface area contributed by atoms with Crippen molar-refractivity contribution in [1.82, 2.24) is 0 Å². The fourth-order valence-electron chi connectivity index (χ4n) is 0.982. The van der Waals surface area contributed by atoms with E-state index in [1.807, 2.05) is 5.32 Å². The fraction of sp³-hybridized carbons (Fsp3) is 0.100.